The molecule has 0 spiro atoms. The minimum Gasteiger partial charge on any atom is -0.451 e. The topological polar surface area (TPSA) is 73.2 Å². The molecule has 27 heavy (non-hydrogen) atoms. The van der Waals surface area contributed by atoms with Gasteiger partial charge in [0.25, 0.3) is 5.91 Å². The molecule has 3 rings (SSSR count). The minimum atomic E-state index is -0.539. The van der Waals surface area contributed by atoms with Crippen LogP contribution < -0.4 is 5.32 Å². The van der Waals surface area contributed by atoms with Crippen LogP contribution >= 0.6 is 11.3 Å². The number of carbonyl (C=O) groups is 2. The van der Waals surface area contributed by atoms with Crippen molar-refractivity contribution < 1.29 is 14.3 Å². The van der Waals surface area contributed by atoms with E-state index >= 15 is 0 Å². The van der Waals surface area contributed by atoms with Crippen LogP contribution in [-0.2, 0) is 16.6 Å². The summed E-state index contributed by atoms with van der Waals surface area (Å²) >= 11 is 1.34. The van der Waals surface area contributed by atoms with E-state index in [2.05, 4.69) is 36.3 Å². The SMILES string of the molecule is Cc1cc(C)c(-c2csc(NC(=O)COC(=O)c3cccn3C)n2)cc1C. The van der Waals surface area contributed by atoms with Gasteiger partial charge in [-0.2, -0.15) is 0 Å². The number of aromatic nitrogens is 2. The van der Waals surface area contributed by atoms with Crippen LogP contribution in [0.4, 0.5) is 5.13 Å². The van der Waals surface area contributed by atoms with Gasteiger partial charge in [-0.25, -0.2) is 9.78 Å². The van der Waals surface area contributed by atoms with Crippen LogP contribution in [0.2, 0.25) is 0 Å². The highest BCUT2D eigenvalue weighted by atomic mass is 32.1. The highest BCUT2D eigenvalue weighted by Gasteiger charge is 2.14. The standard InChI is InChI=1S/C20H21N3O3S/c1-12-8-14(3)15(9-13(12)2)16-11-27-20(21-16)22-18(24)10-26-19(25)17-6-5-7-23(17)4/h5-9,11H,10H2,1-4H3,(H,21,22,24). The maximum Gasteiger partial charge on any atom is 0.355 e. The number of aryl methyl sites for hydroxylation is 4. The van der Waals surface area contributed by atoms with Crippen molar-refractivity contribution in [3.8, 4) is 11.3 Å². The molecule has 1 N–H and O–H groups in total. The molecule has 0 aliphatic carbocycles. The molecule has 0 aliphatic rings. The number of hydrogen-bond donors (Lipinski definition) is 1. The Hall–Kier alpha value is -2.93. The predicted molar refractivity (Wildman–Crippen MR) is 106 cm³/mol. The molecule has 2 aromatic heterocycles. The summed E-state index contributed by atoms with van der Waals surface area (Å²) in [5.74, 6) is -0.960. The summed E-state index contributed by atoms with van der Waals surface area (Å²) in [6, 6.07) is 7.61. The van der Waals surface area contributed by atoms with Gasteiger partial charge >= 0.3 is 5.97 Å². The van der Waals surface area contributed by atoms with Crippen molar-refractivity contribution in [1.82, 2.24) is 9.55 Å². The number of nitrogens with one attached hydrogen (secondary N) is 1. The second-order valence-electron chi connectivity index (χ2n) is 6.42. The van der Waals surface area contributed by atoms with Gasteiger partial charge in [-0.15, -0.1) is 11.3 Å². The highest BCUT2D eigenvalue weighted by Crippen LogP contribution is 2.29. The normalized spacial score (nSPS) is 10.7. The fourth-order valence-electron chi connectivity index (χ4n) is 2.72. The van der Waals surface area contributed by atoms with Gasteiger partial charge in [0.05, 0.1) is 5.69 Å². The molecule has 140 valence electrons. The first-order valence-corrected chi connectivity index (χ1v) is 9.35. The van der Waals surface area contributed by atoms with E-state index in [4.69, 9.17) is 4.74 Å². The van der Waals surface area contributed by atoms with Crippen LogP contribution in [0.3, 0.4) is 0 Å². The van der Waals surface area contributed by atoms with E-state index in [0.717, 1.165) is 16.8 Å². The van der Waals surface area contributed by atoms with Gasteiger partial charge in [0.2, 0.25) is 0 Å². The molecule has 0 radical (unpaired) electrons. The summed E-state index contributed by atoms with van der Waals surface area (Å²) in [4.78, 5) is 28.5. The van der Waals surface area contributed by atoms with E-state index in [0.29, 0.717) is 10.8 Å². The molecule has 2 heterocycles. The number of anilines is 1. The number of esters is 1. The van der Waals surface area contributed by atoms with Gasteiger partial charge in [0.15, 0.2) is 11.7 Å². The number of ether oxygens (including phenoxy) is 1. The zero-order valence-electron chi connectivity index (χ0n) is 15.7. The molecular weight excluding hydrogens is 362 g/mol. The van der Waals surface area contributed by atoms with E-state index in [1.165, 1.54) is 22.5 Å². The Balaban J connectivity index is 1.62. The molecule has 6 nitrogen and oxygen atoms in total. The number of rotatable bonds is 5. The third kappa shape index (κ3) is 4.25. The summed E-state index contributed by atoms with van der Waals surface area (Å²) in [6.07, 6.45) is 1.74. The Kier molecular flexibility index (Phi) is 5.41. The average molecular weight is 383 g/mol. The zero-order chi connectivity index (χ0) is 19.6. The Labute approximate surface area is 161 Å². The second-order valence-corrected chi connectivity index (χ2v) is 7.28. The molecule has 1 aromatic carbocycles. The quantitative estimate of drug-likeness (QED) is 0.679. The van der Waals surface area contributed by atoms with Gasteiger partial charge in [0, 0.05) is 24.2 Å². The molecular formula is C20H21N3O3S. The van der Waals surface area contributed by atoms with Crippen molar-refractivity contribution in [2.45, 2.75) is 20.8 Å². The maximum absolute atomic E-state index is 12.1. The Morgan fingerprint density at radius 1 is 1.19 bits per heavy atom. The van der Waals surface area contributed by atoms with Gasteiger partial charge in [-0.05, 0) is 55.7 Å². The Morgan fingerprint density at radius 2 is 1.93 bits per heavy atom. The van der Waals surface area contributed by atoms with Crippen LogP contribution in [-0.4, -0.2) is 28.0 Å². The smallest absolute Gasteiger partial charge is 0.355 e. The van der Waals surface area contributed by atoms with Crippen LogP contribution in [0, 0.1) is 20.8 Å². The van der Waals surface area contributed by atoms with E-state index < -0.39 is 11.9 Å². The number of amides is 1. The van der Waals surface area contributed by atoms with Crippen LogP contribution in [0.5, 0.6) is 0 Å². The third-order valence-electron chi connectivity index (χ3n) is 4.35. The summed E-state index contributed by atoms with van der Waals surface area (Å²) in [7, 11) is 1.74. The molecule has 0 unspecified atom stereocenters. The van der Waals surface area contributed by atoms with E-state index in [1.54, 1.807) is 29.9 Å². The summed E-state index contributed by atoms with van der Waals surface area (Å²) < 4.78 is 6.68. The van der Waals surface area contributed by atoms with Gasteiger partial charge in [-0.1, -0.05) is 6.07 Å². The molecule has 0 saturated carbocycles. The molecule has 0 saturated heterocycles. The Morgan fingerprint density at radius 3 is 2.63 bits per heavy atom. The molecule has 1 amide bonds. The predicted octanol–water partition coefficient (Wildman–Crippen LogP) is 3.87. The Bertz CT molecular complexity index is 1000. The third-order valence-corrected chi connectivity index (χ3v) is 5.11. The van der Waals surface area contributed by atoms with Gasteiger partial charge in [0.1, 0.15) is 5.69 Å². The highest BCUT2D eigenvalue weighted by molar-refractivity contribution is 7.14. The van der Waals surface area contributed by atoms with Crippen LogP contribution in [0.1, 0.15) is 27.2 Å². The van der Waals surface area contributed by atoms with Crippen molar-refractivity contribution >= 4 is 28.3 Å². The number of nitrogens with zero attached hydrogens (tertiary/aromatic N) is 2. The van der Waals surface area contributed by atoms with Gasteiger partial charge in [-0.3, -0.25) is 10.1 Å². The molecule has 0 fully saturated rings. The molecule has 0 aliphatic heterocycles. The largest absolute Gasteiger partial charge is 0.451 e. The number of benzene rings is 1. The van der Waals surface area contributed by atoms with E-state index in [9.17, 15) is 9.59 Å². The molecule has 0 atom stereocenters. The molecule has 0 bridgehead atoms. The molecule has 3 aromatic rings. The number of thiazole rings is 1. The lowest BCUT2D eigenvalue weighted by Crippen LogP contribution is -2.21. The van der Waals surface area contributed by atoms with Crippen molar-refractivity contribution in [3.05, 3.63) is 58.2 Å². The fourth-order valence-corrected chi connectivity index (χ4v) is 3.45. The van der Waals surface area contributed by atoms with Crippen molar-refractivity contribution in [2.24, 2.45) is 7.05 Å². The molecule has 7 heteroatoms. The monoisotopic (exact) mass is 383 g/mol. The van der Waals surface area contributed by atoms with Crippen molar-refractivity contribution in [2.75, 3.05) is 11.9 Å². The van der Waals surface area contributed by atoms with E-state index in [1.807, 2.05) is 12.3 Å². The zero-order valence-corrected chi connectivity index (χ0v) is 16.5. The summed E-state index contributed by atoms with van der Waals surface area (Å²) in [5, 5.41) is 5.06. The van der Waals surface area contributed by atoms with Crippen molar-refractivity contribution in [1.29, 1.82) is 0 Å². The first-order valence-electron chi connectivity index (χ1n) is 8.47. The minimum absolute atomic E-state index is 0.360. The second kappa shape index (κ2) is 7.75. The summed E-state index contributed by atoms with van der Waals surface area (Å²) in [5.41, 5.74) is 5.82. The fraction of sp³-hybridized carbons (Fsp3) is 0.250. The van der Waals surface area contributed by atoms with Crippen LogP contribution in [0.15, 0.2) is 35.8 Å². The van der Waals surface area contributed by atoms with Gasteiger partial charge < -0.3 is 9.30 Å². The number of hydrogen-bond acceptors (Lipinski definition) is 5. The first kappa shape index (κ1) is 18.8. The lowest BCUT2D eigenvalue weighted by Gasteiger charge is -2.07. The summed E-state index contributed by atoms with van der Waals surface area (Å²) in [6.45, 7) is 5.83. The maximum atomic E-state index is 12.1. The lowest BCUT2D eigenvalue weighted by atomic mass is 9.99. The van der Waals surface area contributed by atoms with E-state index in [-0.39, 0.29) is 6.61 Å². The number of carbonyl (C=O) groups excluding carboxylic acids is 2. The van der Waals surface area contributed by atoms with Crippen LogP contribution in [0.25, 0.3) is 11.3 Å². The first-order chi connectivity index (χ1) is 12.8. The lowest BCUT2D eigenvalue weighted by molar-refractivity contribution is -0.119. The van der Waals surface area contributed by atoms with Crippen molar-refractivity contribution in [3.63, 3.8) is 0 Å². The average Bonchev–Trinajstić information content (AvgIpc) is 3.25.